The molecule has 1 heterocycles. The first-order chi connectivity index (χ1) is 11.6. The lowest BCUT2D eigenvalue weighted by atomic mass is 10.2. The van der Waals surface area contributed by atoms with Gasteiger partial charge in [-0.15, -0.1) is 11.3 Å². The number of amides is 1. The number of hydrogen-bond donors (Lipinski definition) is 1. The number of hydrogen-bond acceptors (Lipinski definition) is 4. The number of nitrogens with zero attached hydrogens (tertiary/aromatic N) is 1. The molecule has 3 rings (SSSR count). The van der Waals surface area contributed by atoms with Crippen LogP contribution < -0.4 is 10.1 Å². The maximum atomic E-state index is 13.3. The van der Waals surface area contributed by atoms with Gasteiger partial charge in [-0.05, 0) is 58.4 Å². The van der Waals surface area contributed by atoms with E-state index in [0.29, 0.717) is 9.60 Å². The van der Waals surface area contributed by atoms with E-state index in [1.165, 1.54) is 29.5 Å². The maximum absolute atomic E-state index is 13.3. The number of carbonyl (C=O) groups excluding carboxylic acids is 1. The van der Waals surface area contributed by atoms with Crippen molar-refractivity contribution in [1.29, 1.82) is 0 Å². The zero-order chi connectivity index (χ0) is 17.1. The lowest BCUT2D eigenvalue weighted by Crippen LogP contribution is -2.12. The predicted molar refractivity (Wildman–Crippen MR) is 96.2 cm³/mol. The molecular formula is C17H12BrFN2O2S. The fourth-order valence-corrected chi connectivity index (χ4v) is 3.20. The molecule has 0 aliphatic rings. The summed E-state index contributed by atoms with van der Waals surface area (Å²) < 4.78 is 19.0. The van der Waals surface area contributed by atoms with Crippen LogP contribution in [0.25, 0.3) is 11.3 Å². The summed E-state index contributed by atoms with van der Waals surface area (Å²) in [6.07, 6.45) is 0. The van der Waals surface area contributed by atoms with Crippen LogP contribution in [0.3, 0.4) is 0 Å². The molecule has 0 aliphatic carbocycles. The van der Waals surface area contributed by atoms with E-state index in [-0.39, 0.29) is 5.56 Å². The van der Waals surface area contributed by atoms with Crippen molar-refractivity contribution in [2.24, 2.45) is 0 Å². The Bertz CT molecular complexity index is 881. The van der Waals surface area contributed by atoms with Crippen LogP contribution in [-0.2, 0) is 0 Å². The van der Waals surface area contributed by atoms with E-state index in [9.17, 15) is 9.18 Å². The summed E-state index contributed by atoms with van der Waals surface area (Å²) in [5.74, 6) is -0.128. The maximum Gasteiger partial charge on any atom is 0.258 e. The molecule has 0 fully saturated rings. The van der Waals surface area contributed by atoms with Gasteiger partial charge in [0.25, 0.3) is 5.91 Å². The number of halogens is 2. The van der Waals surface area contributed by atoms with Gasteiger partial charge in [0.15, 0.2) is 5.13 Å². The molecule has 0 unspecified atom stereocenters. The van der Waals surface area contributed by atoms with Crippen LogP contribution in [0.1, 0.15) is 10.4 Å². The summed E-state index contributed by atoms with van der Waals surface area (Å²) in [6.45, 7) is 0. The average Bonchev–Trinajstić information content (AvgIpc) is 3.05. The summed E-state index contributed by atoms with van der Waals surface area (Å²) in [5.41, 5.74) is 1.88. The Labute approximate surface area is 150 Å². The summed E-state index contributed by atoms with van der Waals surface area (Å²) in [4.78, 5) is 16.6. The first-order valence-electron chi connectivity index (χ1n) is 6.93. The molecule has 0 bridgehead atoms. The number of methoxy groups -OCH3 is 1. The van der Waals surface area contributed by atoms with Crippen LogP contribution in [0.2, 0.25) is 0 Å². The molecular weight excluding hydrogens is 395 g/mol. The Kier molecular flexibility index (Phi) is 4.92. The highest BCUT2D eigenvalue weighted by atomic mass is 79.9. The van der Waals surface area contributed by atoms with E-state index in [2.05, 4.69) is 26.2 Å². The summed E-state index contributed by atoms with van der Waals surface area (Å²) >= 11 is 4.55. The van der Waals surface area contributed by atoms with E-state index in [4.69, 9.17) is 4.74 Å². The fraction of sp³-hybridized carbons (Fsp3) is 0.0588. The van der Waals surface area contributed by atoms with Crippen molar-refractivity contribution in [3.63, 3.8) is 0 Å². The third kappa shape index (κ3) is 3.63. The summed E-state index contributed by atoms with van der Waals surface area (Å²) in [5, 5.41) is 4.98. The molecule has 3 aromatic rings. The van der Waals surface area contributed by atoms with E-state index >= 15 is 0 Å². The molecule has 0 saturated carbocycles. The Morgan fingerprint density at radius 2 is 2.00 bits per heavy atom. The van der Waals surface area contributed by atoms with Crippen molar-refractivity contribution >= 4 is 38.3 Å². The standard InChI is InChI=1S/C17H12BrFN2O2S/c1-23-12-5-2-10(3-6-12)15-9-24-17(20-15)21-16(22)13-8-11(19)4-7-14(13)18/h2-9H,1H3,(H,20,21,22). The molecule has 24 heavy (non-hydrogen) atoms. The number of rotatable bonds is 4. The third-order valence-electron chi connectivity index (χ3n) is 3.28. The second-order valence-corrected chi connectivity index (χ2v) is 6.56. The van der Waals surface area contributed by atoms with Gasteiger partial charge in [-0.2, -0.15) is 0 Å². The van der Waals surface area contributed by atoms with Crippen molar-refractivity contribution in [3.8, 4) is 17.0 Å². The van der Waals surface area contributed by atoms with Crippen molar-refractivity contribution in [2.45, 2.75) is 0 Å². The molecule has 1 N–H and O–H groups in total. The molecule has 1 amide bonds. The second kappa shape index (κ2) is 7.11. The van der Waals surface area contributed by atoms with Gasteiger partial charge >= 0.3 is 0 Å². The van der Waals surface area contributed by atoms with E-state index < -0.39 is 11.7 Å². The van der Waals surface area contributed by atoms with Crippen LogP contribution in [0.5, 0.6) is 5.75 Å². The zero-order valence-corrected chi connectivity index (χ0v) is 14.9. The normalized spacial score (nSPS) is 10.5. The zero-order valence-electron chi connectivity index (χ0n) is 12.5. The average molecular weight is 407 g/mol. The van der Waals surface area contributed by atoms with Gasteiger partial charge in [-0.25, -0.2) is 9.37 Å². The van der Waals surface area contributed by atoms with Crippen molar-refractivity contribution < 1.29 is 13.9 Å². The quantitative estimate of drug-likeness (QED) is 0.664. The molecule has 0 spiro atoms. The van der Waals surface area contributed by atoms with E-state index in [0.717, 1.165) is 17.0 Å². The Morgan fingerprint density at radius 3 is 2.71 bits per heavy atom. The number of anilines is 1. The van der Waals surface area contributed by atoms with Crippen molar-refractivity contribution in [1.82, 2.24) is 4.98 Å². The van der Waals surface area contributed by atoms with Gasteiger partial charge in [0.2, 0.25) is 0 Å². The molecule has 2 aromatic carbocycles. The van der Waals surface area contributed by atoms with Crippen LogP contribution in [-0.4, -0.2) is 18.0 Å². The predicted octanol–water partition coefficient (Wildman–Crippen LogP) is 4.97. The minimum absolute atomic E-state index is 0.219. The van der Waals surface area contributed by atoms with Crippen molar-refractivity contribution in [3.05, 3.63) is 63.7 Å². The minimum Gasteiger partial charge on any atom is -0.497 e. The van der Waals surface area contributed by atoms with Crippen LogP contribution in [0.15, 0.2) is 52.3 Å². The minimum atomic E-state index is -0.471. The Morgan fingerprint density at radius 1 is 1.25 bits per heavy atom. The van der Waals surface area contributed by atoms with Gasteiger partial charge in [0, 0.05) is 15.4 Å². The molecule has 7 heteroatoms. The monoisotopic (exact) mass is 406 g/mol. The lowest BCUT2D eigenvalue weighted by Gasteiger charge is -2.04. The smallest absolute Gasteiger partial charge is 0.258 e. The lowest BCUT2D eigenvalue weighted by molar-refractivity contribution is 0.102. The first-order valence-corrected chi connectivity index (χ1v) is 8.60. The Balaban J connectivity index is 1.78. The molecule has 4 nitrogen and oxygen atoms in total. The number of benzene rings is 2. The molecule has 0 saturated heterocycles. The number of aromatic nitrogens is 1. The highest BCUT2D eigenvalue weighted by molar-refractivity contribution is 9.10. The highest BCUT2D eigenvalue weighted by Gasteiger charge is 2.14. The van der Waals surface area contributed by atoms with Gasteiger partial charge in [-0.3, -0.25) is 10.1 Å². The fourth-order valence-electron chi connectivity index (χ4n) is 2.06. The SMILES string of the molecule is COc1ccc(-c2csc(NC(=O)c3cc(F)ccc3Br)n2)cc1. The summed E-state index contributed by atoms with van der Waals surface area (Å²) in [6, 6.07) is 11.4. The molecule has 0 aliphatic heterocycles. The van der Waals surface area contributed by atoms with Gasteiger partial charge in [-0.1, -0.05) is 0 Å². The number of nitrogens with one attached hydrogen (secondary N) is 1. The number of ether oxygens (including phenoxy) is 1. The van der Waals surface area contributed by atoms with E-state index in [1.54, 1.807) is 7.11 Å². The molecule has 1 aromatic heterocycles. The van der Waals surface area contributed by atoms with Gasteiger partial charge in [0.1, 0.15) is 11.6 Å². The number of carbonyl (C=O) groups is 1. The van der Waals surface area contributed by atoms with Crippen LogP contribution in [0.4, 0.5) is 9.52 Å². The summed E-state index contributed by atoms with van der Waals surface area (Å²) in [7, 11) is 1.61. The topological polar surface area (TPSA) is 51.2 Å². The molecule has 122 valence electrons. The second-order valence-electron chi connectivity index (χ2n) is 4.84. The van der Waals surface area contributed by atoms with Gasteiger partial charge < -0.3 is 4.74 Å². The van der Waals surface area contributed by atoms with Gasteiger partial charge in [0.05, 0.1) is 18.4 Å². The Hall–Kier alpha value is -2.25. The van der Waals surface area contributed by atoms with Crippen LogP contribution in [0, 0.1) is 5.82 Å². The van der Waals surface area contributed by atoms with E-state index in [1.807, 2.05) is 29.6 Å². The first kappa shape index (κ1) is 16.6. The number of thiazole rings is 1. The van der Waals surface area contributed by atoms with Crippen molar-refractivity contribution in [2.75, 3.05) is 12.4 Å². The largest absolute Gasteiger partial charge is 0.497 e. The third-order valence-corrected chi connectivity index (χ3v) is 4.73. The highest BCUT2D eigenvalue weighted by Crippen LogP contribution is 2.27. The molecule has 0 atom stereocenters. The van der Waals surface area contributed by atoms with Crippen LogP contribution >= 0.6 is 27.3 Å². The molecule has 0 radical (unpaired) electrons.